The summed E-state index contributed by atoms with van der Waals surface area (Å²) in [6.45, 7) is 10.7. The molecule has 3 aliphatic carbocycles. The zero-order valence-electron chi connectivity index (χ0n) is 23.5. The Morgan fingerprint density at radius 3 is 2.68 bits per heavy atom. The topological polar surface area (TPSA) is 97.3 Å². The number of benzene rings is 1. The van der Waals surface area contributed by atoms with Crippen molar-refractivity contribution in [1.82, 2.24) is 15.3 Å². The Morgan fingerprint density at radius 1 is 1.30 bits per heavy atom. The number of nitrogens with one attached hydrogen (secondary N) is 2. The van der Waals surface area contributed by atoms with E-state index in [-0.39, 0.29) is 18.6 Å². The molecule has 3 saturated carbocycles. The van der Waals surface area contributed by atoms with Crippen molar-refractivity contribution >= 4 is 11.6 Å². The fourth-order valence-electron chi connectivity index (χ4n) is 7.07. The molecule has 4 fully saturated rings. The van der Waals surface area contributed by atoms with Crippen LogP contribution in [0.15, 0.2) is 24.3 Å². The summed E-state index contributed by atoms with van der Waals surface area (Å²) in [4.78, 5) is 22.0. The molecule has 0 radical (unpaired) electrons. The number of carbonyl (C=O) groups excluding carboxylic acids is 1. The van der Waals surface area contributed by atoms with Crippen molar-refractivity contribution in [3.05, 3.63) is 29.8 Å². The second-order valence-electron chi connectivity index (χ2n) is 12.5. The Hall–Kier alpha value is -1.71. The lowest BCUT2D eigenvalue weighted by Gasteiger charge is -2.62. The molecule has 1 aromatic rings. The minimum absolute atomic E-state index is 0.115. The lowest BCUT2D eigenvalue weighted by Crippen LogP contribution is -2.62. The fourth-order valence-corrected chi connectivity index (χ4v) is 7.07. The third-order valence-electron chi connectivity index (χ3n) is 9.44. The summed E-state index contributed by atoms with van der Waals surface area (Å²) in [5, 5.41) is 29.1. The van der Waals surface area contributed by atoms with E-state index in [0.29, 0.717) is 29.7 Å². The zero-order chi connectivity index (χ0) is 26.9. The van der Waals surface area contributed by atoms with Crippen molar-refractivity contribution in [3.63, 3.8) is 0 Å². The first-order chi connectivity index (χ1) is 17.5. The average Bonchev–Trinajstić information content (AvgIpc) is 3.21. The molecule has 37 heavy (non-hydrogen) atoms. The van der Waals surface area contributed by atoms with Crippen molar-refractivity contribution in [2.45, 2.75) is 77.8 Å². The summed E-state index contributed by atoms with van der Waals surface area (Å²) in [7, 11) is 4.14. The highest BCUT2D eigenvalue weighted by Gasteiger charge is 2.57. The van der Waals surface area contributed by atoms with Gasteiger partial charge < -0.3 is 25.7 Å². The standard InChI is InChI=1S/C29H48N4O4/c1-18-23-14-21(29(23,3)4)15-24(18)31-28(36)27-26(19(2)35)25(17-34)37-33(27)16-20-9-7-10-22(13-20)30-11-8-12-32(5)6/h7,9-10,13,18-19,21,23-27,30,34-35H,8,11-12,14-17H2,1-6H3,(H,31,36)/t18?,19-,21+,23?,24-,25-,26+,27-/m0/s1. The number of hydroxylamine groups is 2. The van der Waals surface area contributed by atoms with Crippen molar-refractivity contribution in [2.24, 2.45) is 29.1 Å². The zero-order valence-corrected chi connectivity index (χ0v) is 23.5. The van der Waals surface area contributed by atoms with Crippen LogP contribution in [0.25, 0.3) is 0 Å². The lowest BCUT2D eigenvalue weighted by atomic mass is 9.45. The first-order valence-electron chi connectivity index (χ1n) is 14.0. The van der Waals surface area contributed by atoms with Crippen LogP contribution in [0.5, 0.6) is 0 Å². The van der Waals surface area contributed by atoms with Crippen molar-refractivity contribution in [1.29, 1.82) is 0 Å². The predicted octanol–water partition coefficient (Wildman–Crippen LogP) is 2.71. The maximum atomic E-state index is 13.8. The summed E-state index contributed by atoms with van der Waals surface area (Å²) < 4.78 is 0. The van der Waals surface area contributed by atoms with Gasteiger partial charge in [0.1, 0.15) is 12.1 Å². The number of aliphatic hydroxyl groups excluding tert-OH is 2. The van der Waals surface area contributed by atoms with E-state index in [1.165, 1.54) is 6.42 Å². The number of hydrogen-bond donors (Lipinski definition) is 4. The van der Waals surface area contributed by atoms with Crippen LogP contribution in [0.2, 0.25) is 0 Å². The van der Waals surface area contributed by atoms with Crippen LogP contribution in [-0.2, 0) is 16.2 Å². The molecule has 2 bridgehead atoms. The predicted molar refractivity (Wildman–Crippen MR) is 146 cm³/mol. The number of rotatable bonds is 11. The number of anilines is 1. The van der Waals surface area contributed by atoms with Gasteiger partial charge in [-0.2, -0.15) is 5.06 Å². The quantitative estimate of drug-likeness (QED) is 0.336. The van der Waals surface area contributed by atoms with Gasteiger partial charge in [0.2, 0.25) is 5.91 Å². The Balaban J connectivity index is 1.46. The number of amides is 1. The second-order valence-corrected chi connectivity index (χ2v) is 12.5. The number of carbonyl (C=O) groups is 1. The molecule has 1 amide bonds. The van der Waals surface area contributed by atoms with E-state index in [1.54, 1.807) is 12.0 Å². The molecular weight excluding hydrogens is 468 g/mol. The Labute approximate surface area is 222 Å². The monoisotopic (exact) mass is 516 g/mol. The summed E-state index contributed by atoms with van der Waals surface area (Å²) in [5.41, 5.74) is 2.38. The Kier molecular flexibility index (Phi) is 8.86. The number of aliphatic hydroxyl groups is 2. The molecule has 5 rings (SSSR count). The summed E-state index contributed by atoms with van der Waals surface area (Å²) in [6, 6.07) is 7.60. The molecular formula is C29H48N4O4. The molecule has 8 heteroatoms. The normalized spacial score (nSPS) is 33.7. The molecule has 0 spiro atoms. The van der Waals surface area contributed by atoms with Crippen molar-refractivity contribution in [2.75, 3.05) is 39.1 Å². The first kappa shape index (κ1) is 28.3. The van der Waals surface area contributed by atoms with Crippen molar-refractivity contribution < 1.29 is 19.8 Å². The third kappa shape index (κ3) is 5.98. The largest absolute Gasteiger partial charge is 0.394 e. The van der Waals surface area contributed by atoms with Crippen LogP contribution in [-0.4, -0.2) is 84.2 Å². The maximum Gasteiger partial charge on any atom is 0.240 e. The highest BCUT2D eigenvalue weighted by Crippen LogP contribution is 2.61. The third-order valence-corrected chi connectivity index (χ3v) is 9.44. The minimum atomic E-state index is -0.793. The molecule has 1 saturated heterocycles. The van der Waals surface area contributed by atoms with Gasteiger partial charge in [0.05, 0.1) is 19.3 Å². The molecule has 4 N–H and O–H groups in total. The van der Waals surface area contributed by atoms with Gasteiger partial charge in [-0.05, 0) is 87.7 Å². The van der Waals surface area contributed by atoms with Gasteiger partial charge in [-0.1, -0.05) is 32.9 Å². The molecule has 4 aliphatic rings. The number of nitrogens with zero attached hydrogens (tertiary/aromatic N) is 2. The average molecular weight is 517 g/mol. The second kappa shape index (κ2) is 11.6. The van der Waals surface area contributed by atoms with E-state index in [2.05, 4.69) is 56.5 Å². The van der Waals surface area contributed by atoms with Crippen LogP contribution in [0.4, 0.5) is 5.69 Å². The van der Waals surface area contributed by atoms with E-state index in [4.69, 9.17) is 4.84 Å². The van der Waals surface area contributed by atoms with Gasteiger partial charge >= 0.3 is 0 Å². The molecule has 0 aromatic heterocycles. The van der Waals surface area contributed by atoms with E-state index in [0.717, 1.165) is 37.2 Å². The van der Waals surface area contributed by atoms with Crippen molar-refractivity contribution in [3.8, 4) is 0 Å². The molecule has 2 unspecified atom stereocenters. The highest BCUT2D eigenvalue weighted by atomic mass is 16.7. The smallest absolute Gasteiger partial charge is 0.240 e. The molecule has 1 aromatic carbocycles. The van der Waals surface area contributed by atoms with Gasteiger partial charge in [-0.3, -0.25) is 9.63 Å². The number of fused-ring (bicyclic) bond motifs is 2. The molecule has 1 heterocycles. The maximum absolute atomic E-state index is 13.8. The molecule has 208 valence electrons. The SMILES string of the molecule is CC1C2C[C@H](C[C@@H]1NC(=O)[C@@H]1[C@H]([C@H](C)O)[C@H](CO)ON1Cc1cccc(NCCCN(C)C)c1)C2(C)C. The van der Waals surface area contributed by atoms with E-state index >= 15 is 0 Å². The molecule has 8 nitrogen and oxygen atoms in total. The summed E-state index contributed by atoms with van der Waals surface area (Å²) >= 11 is 0. The number of hydrogen-bond acceptors (Lipinski definition) is 7. The van der Waals surface area contributed by atoms with Gasteiger partial charge in [0, 0.05) is 24.2 Å². The Morgan fingerprint density at radius 2 is 2.05 bits per heavy atom. The summed E-state index contributed by atoms with van der Waals surface area (Å²) in [6.07, 6.45) is 1.87. The van der Waals surface area contributed by atoms with Gasteiger partial charge in [-0.15, -0.1) is 0 Å². The highest BCUT2D eigenvalue weighted by molar-refractivity contribution is 5.82. The summed E-state index contributed by atoms with van der Waals surface area (Å²) in [5.74, 6) is 1.05. The van der Waals surface area contributed by atoms with Crippen LogP contribution < -0.4 is 10.6 Å². The van der Waals surface area contributed by atoms with E-state index in [1.807, 2.05) is 18.2 Å². The van der Waals surface area contributed by atoms with Crippen LogP contribution in [0, 0.1) is 29.1 Å². The van der Waals surface area contributed by atoms with Gasteiger partial charge in [0.15, 0.2) is 0 Å². The van der Waals surface area contributed by atoms with Gasteiger partial charge in [0.25, 0.3) is 0 Å². The lowest BCUT2D eigenvalue weighted by molar-refractivity contribution is -0.183. The molecule has 8 atom stereocenters. The van der Waals surface area contributed by atoms with Gasteiger partial charge in [-0.25, -0.2) is 0 Å². The van der Waals surface area contributed by atoms with Crippen LogP contribution in [0.1, 0.15) is 52.5 Å². The van der Waals surface area contributed by atoms with Crippen LogP contribution >= 0.6 is 0 Å². The first-order valence-corrected chi connectivity index (χ1v) is 14.0. The minimum Gasteiger partial charge on any atom is -0.394 e. The van der Waals surface area contributed by atoms with Crippen LogP contribution in [0.3, 0.4) is 0 Å². The fraction of sp³-hybridized carbons (Fsp3) is 0.759. The van der Waals surface area contributed by atoms with E-state index in [9.17, 15) is 15.0 Å². The Bertz CT molecular complexity index is 923. The molecule has 1 aliphatic heterocycles. The van der Waals surface area contributed by atoms with E-state index < -0.39 is 24.2 Å².